The fourth-order valence-electron chi connectivity index (χ4n) is 0.868. The topological polar surface area (TPSA) is 26.3 Å². The van der Waals surface area contributed by atoms with Gasteiger partial charge in [-0.3, -0.25) is 4.79 Å². The van der Waals surface area contributed by atoms with Crippen molar-refractivity contribution in [2.45, 2.75) is 0 Å². The fourth-order valence-corrected chi connectivity index (χ4v) is 3.19. The molecule has 0 heterocycles. The van der Waals surface area contributed by atoms with E-state index in [1.165, 1.54) is 0 Å². The normalized spacial score (nSPS) is 9.85. The van der Waals surface area contributed by atoms with E-state index in [9.17, 15) is 4.79 Å². The van der Waals surface area contributed by atoms with Crippen molar-refractivity contribution in [1.82, 2.24) is 0 Å². The van der Waals surface area contributed by atoms with Crippen LogP contribution in [0.2, 0.25) is 0 Å². The molecule has 2 nitrogen and oxygen atoms in total. The monoisotopic (exact) mass is 418 g/mol. The molecule has 0 aliphatic carbocycles. The van der Waals surface area contributed by atoms with Crippen molar-refractivity contribution < 1.29 is 9.53 Å². The Morgan fingerprint density at radius 1 is 1.38 bits per heavy atom. The highest BCUT2D eigenvalue weighted by Crippen LogP contribution is 2.28. The van der Waals surface area contributed by atoms with Crippen molar-refractivity contribution in [3.8, 4) is 5.75 Å². The summed E-state index contributed by atoms with van der Waals surface area (Å²) in [6.07, 6.45) is 0. The molecule has 0 fully saturated rings. The maximum absolute atomic E-state index is 10.9. The largest absolute Gasteiger partial charge is 0.495 e. The lowest BCUT2D eigenvalue weighted by Crippen LogP contribution is -1.96. The molecule has 0 aromatic heterocycles. The molecule has 0 saturated heterocycles. The molecule has 0 aliphatic heterocycles. The van der Waals surface area contributed by atoms with Gasteiger partial charge in [-0.1, -0.05) is 0 Å². The molecule has 0 spiro atoms. The molecule has 5 heteroatoms. The van der Waals surface area contributed by atoms with Gasteiger partial charge in [-0.2, -0.15) is 0 Å². The highest BCUT2D eigenvalue weighted by atomic mass is 125. The summed E-state index contributed by atoms with van der Waals surface area (Å²) in [5, 5.41) is -0.446. The Bertz CT molecular complexity index is 329. The van der Waals surface area contributed by atoms with Crippen LogP contribution in [0.15, 0.2) is 12.1 Å². The predicted octanol–water partition coefficient (Wildman–Crippen LogP) is 3.28. The standard InChI is InChI=1S/C8H5ClI2O2/c1-13-7-5(10)2-4(8(9)12)3-6(7)11/h2-3H,1H3/i10-2,11-2. The van der Waals surface area contributed by atoms with Gasteiger partial charge >= 0.3 is 0 Å². The average molecular weight is 418 g/mol. The summed E-state index contributed by atoms with van der Waals surface area (Å²) in [7, 11) is 1.60. The number of hydrogen-bond acceptors (Lipinski definition) is 2. The van der Waals surface area contributed by atoms with Gasteiger partial charge < -0.3 is 4.74 Å². The van der Waals surface area contributed by atoms with Crippen LogP contribution in [-0.4, -0.2) is 12.4 Å². The second-order valence-electron chi connectivity index (χ2n) is 2.25. The van der Waals surface area contributed by atoms with Crippen LogP contribution in [0.3, 0.4) is 0 Å². The van der Waals surface area contributed by atoms with E-state index in [1.54, 1.807) is 19.2 Å². The molecule has 0 saturated carbocycles. The molecule has 1 aromatic carbocycles. The number of benzene rings is 1. The predicted molar refractivity (Wildman–Crippen MR) is 68.6 cm³/mol. The van der Waals surface area contributed by atoms with E-state index in [0.717, 1.165) is 12.9 Å². The van der Waals surface area contributed by atoms with E-state index >= 15 is 0 Å². The molecule has 0 unspecified atom stereocenters. The lowest BCUT2D eigenvalue weighted by Gasteiger charge is -2.06. The number of hydrogen-bond donors (Lipinski definition) is 0. The minimum atomic E-state index is -0.446. The first-order valence-electron chi connectivity index (χ1n) is 3.29. The highest BCUT2D eigenvalue weighted by Gasteiger charge is 2.10. The summed E-state index contributed by atoms with van der Waals surface area (Å²) in [6.45, 7) is 0. The number of rotatable bonds is 2. The number of halogens is 3. The van der Waals surface area contributed by atoms with E-state index in [-0.39, 0.29) is 0 Å². The first-order chi connectivity index (χ1) is 6.06. The summed E-state index contributed by atoms with van der Waals surface area (Å²) in [5.41, 5.74) is 0.497. The number of methoxy groups -OCH3 is 1. The van der Waals surface area contributed by atoms with Crippen molar-refractivity contribution in [1.29, 1.82) is 0 Å². The van der Waals surface area contributed by atoms with Gasteiger partial charge in [0.05, 0.1) is 14.3 Å². The van der Waals surface area contributed by atoms with Gasteiger partial charge in [0.15, 0.2) is 0 Å². The maximum Gasteiger partial charge on any atom is 0.252 e. The second-order valence-corrected chi connectivity index (χ2v) is 4.91. The van der Waals surface area contributed by atoms with Crippen LogP contribution < -0.4 is 4.74 Å². The quantitative estimate of drug-likeness (QED) is 0.544. The highest BCUT2D eigenvalue weighted by molar-refractivity contribution is 14.1. The Hall–Kier alpha value is 0.440. The Labute approximate surface area is 108 Å². The van der Waals surface area contributed by atoms with E-state index in [4.69, 9.17) is 16.3 Å². The molecule has 1 aromatic rings. The van der Waals surface area contributed by atoms with Crippen molar-refractivity contribution in [2.75, 3.05) is 7.11 Å². The molecule has 0 amide bonds. The Morgan fingerprint density at radius 3 is 2.15 bits per heavy atom. The third kappa shape index (κ3) is 2.69. The van der Waals surface area contributed by atoms with Gasteiger partial charge in [-0.15, -0.1) is 0 Å². The van der Waals surface area contributed by atoms with E-state index in [2.05, 4.69) is 45.2 Å². The zero-order valence-electron chi connectivity index (χ0n) is 6.61. The molecule has 13 heavy (non-hydrogen) atoms. The first kappa shape index (κ1) is 11.5. The fraction of sp³-hybridized carbons (Fsp3) is 0.125. The van der Waals surface area contributed by atoms with E-state index in [0.29, 0.717) is 5.56 Å². The van der Waals surface area contributed by atoms with Crippen LogP contribution in [0.5, 0.6) is 5.75 Å². The van der Waals surface area contributed by atoms with Gasteiger partial charge in [0.1, 0.15) is 5.75 Å². The van der Waals surface area contributed by atoms with Crippen molar-refractivity contribution in [3.05, 3.63) is 24.8 Å². The summed E-state index contributed by atoms with van der Waals surface area (Å²) in [6, 6.07) is 3.41. The molecule has 70 valence electrons. The van der Waals surface area contributed by atoms with E-state index < -0.39 is 5.24 Å². The molecule has 0 radical (unpaired) electrons. The van der Waals surface area contributed by atoms with Crippen LogP contribution >= 0.6 is 56.8 Å². The Kier molecular flexibility index (Phi) is 4.24. The van der Waals surface area contributed by atoms with Crippen LogP contribution in [0, 0.1) is 7.14 Å². The lowest BCUT2D eigenvalue weighted by atomic mass is 10.2. The first-order valence-corrected chi connectivity index (χ1v) is 5.82. The van der Waals surface area contributed by atoms with Crippen molar-refractivity contribution >= 4 is 62.0 Å². The van der Waals surface area contributed by atoms with Gasteiger partial charge in [0.2, 0.25) is 0 Å². The van der Waals surface area contributed by atoms with Gasteiger partial charge in [0, 0.05) is 5.56 Å². The van der Waals surface area contributed by atoms with Gasteiger partial charge in [-0.25, -0.2) is 0 Å². The molecule has 0 aliphatic rings. The van der Waals surface area contributed by atoms with Crippen LogP contribution in [0.1, 0.15) is 10.4 Å². The molecule has 1 rings (SSSR count). The smallest absolute Gasteiger partial charge is 0.252 e. The zero-order chi connectivity index (χ0) is 10.0. The van der Waals surface area contributed by atoms with E-state index in [1.807, 2.05) is 0 Å². The number of carbonyl (C=O) groups is 1. The second kappa shape index (κ2) is 4.79. The summed E-state index contributed by atoms with van der Waals surface area (Å²) in [5.74, 6) is 0.780. The molecule has 0 bridgehead atoms. The third-order valence-electron chi connectivity index (χ3n) is 1.43. The van der Waals surface area contributed by atoms with Crippen molar-refractivity contribution in [2.24, 2.45) is 0 Å². The third-order valence-corrected chi connectivity index (χ3v) is 3.25. The summed E-state index contributed by atoms with van der Waals surface area (Å²) >= 11 is 9.56. The molecule has 0 atom stereocenters. The minimum absolute atomic E-state index is 0.446. The van der Waals surface area contributed by atoms with Crippen LogP contribution in [0.4, 0.5) is 0 Å². The van der Waals surface area contributed by atoms with Gasteiger partial charge in [0.25, 0.3) is 5.24 Å². The van der Waals surface area contributed by atoms with Crippen LogP contribution in [0.25, 0.3) is 0 Å². The lowest BCUT2D eigenvalue weighted by molar-refractivity contribution is 0.108. The maximum atomic E-state index is 10.9. The number of carbonyl (C=O) groups excluding carboxylic acids is 1. The molecule has 0 N–H and O–H groups in total. The SMILES string of the molecule is COc1c([125I])cc(C(=O)Cl)cc1[125I]. The minimum Gasteiger partial charge on any atom is -0.495 e. The van der Waals surface area contributed by atoms with Crippen molar-refractivity contribution in [3.63, 3.8) is 0 Å². The number of ether oxygens (including phenoxy) is 1. The zero-order valence-corrected chi connectivity index (χ0v) is 11.7. The van der Waals surface area contributed by atoms with Crippen LogP contribution in [-0.2, 0) is 0 Å². The summed E-state index contributed by atoms with van der Waals surface area (Å²) in [4.78, 5) is 10.9. The average Bonchev–Trinajstić information content (AvgIpc) is 2.03. The Balaban J connectivity index is 3.28. The molecular formula is C8H5ClI2O2. The molecular weight excluding hydrogens is 413 g/mol. The Morgan fingerprint density at radius 2 is 1.85 bits per heavy atom. The van der Waals surface area contributed by atoms with Gasteiger partial charge in [-0.05, 0) is 68.9 Å². The summed E-state index contributed by atoms with van der Waals surface area (Å²) < 4.78 is 6.91.